The van der Waals surface area contributed by atoms with Crippen molar-refractivity contribution in [2.45, 2.75) is 87.0 Å². The number of hydrogen-bond acceptors (Lipinski definition) is 1. The Morgan fingerprint density at radius 2 is 1.67 bits per heavy atom. The van der Waals surface area contributed by atoms with E-state index in [-0.39, 0.29) is 7.33 Å². The predicted molar refractivity (Wildman–Crippen MR) is 146 cm³/mol. The van der Waals surface area contributed by atoms with Crippen molar-refractivity contribution >= 4 is 16.8 Å². The predicted octanol–water partition coefficient (Wildman–Crippen LogP) is 8.08. The summed E-state index contributed by atoms with van der Waals surface area (Å²) >= 11 is 0. The van der Waals surface area contributed by atoms with E-state index in [2.05, 4.69) is 76.0 Å². The monoisotopic (exact) mass is 450 g/mol. The van der Waals surface area contributed by atoms with Gasteiger partial charge in [-0.3, -0.25) is 4.79 Å². The Morgan fingerprint density at radius 1 is 1.00 bits per heavy atom. The lowest BCUT2D eigenvalue weighted by atomic mass is 9.82. The molecule has 1 amide bonds. The first-order valence-corrected chi connectivity index (χ1v) is 12.8. The second kappa shape index (κ2) is 11.5. The zero-order valence-electron chi connectivity index (χ0n) is 22.4. The fourth-order valence-electron chi connectivity index (χ4n) is 4.63. The maximum atomic E-state index is 13.2. The molecule has 0 radical (unpaired) electrons. The second-order valence-corrected chi connectivity index (χ2v) is 9.15. The summed E-state index contributed by atoms with van der Waals surface area (Å²) in [6.07, 6.45) is 3.13. The van der Waals surface area contributed by atoms with Crippen LogP contribution in [0.4, 0.5) is 0 Å². The number of aromatic amines is 1. The van der Waals surface area contributed by atoms with Gasteiger partial charge in [-0.2, -0.15) is 0 Å². The highest BCUT2D eigenvalue weighted by atomic mass is 16.2. The van der Waals surface area contributed by atoms with Crippen molar-refractivity contribution in [3.8, 4) is 11.3 Å². The number of aryl methyl sites for hydroxylation is 3. The molecule has 33 heavy (non-hydrogen) atoms. The third-order valence-corrected chi connectivity index (χ3v) is 6.55. The largest absolute Gasteiger partial charge is 0.354 e. The number of amides is 1. The lowest BCUT2D eigenvalue weighted by Crippen LogP contribution is -2.43. The smallest absolute Gasteiger partial charge is 0.232 e. The van der Waals surface area contributed by atoms with Gasteiger partial charge in [0.15, 0.2) is 0 Å². The molecule has 0 aliphatic carbocycles. The van der Waals surface area contributed by atoms with Gasteiger partial charge in [0.1, 0.15) is 0 Å². The Kier molecular flexibility index (Phi) is 9.34. The van der Waals surface area contributed by atoms with Crippen molar-refractivity contribution in [2.24, 2.45) is 0 Å². The van der Waals surface area contributed by atoms with E-state index in [9.17, 15) is 4.79 Å². The van der Waals surface area contributed by atoms with Gasteiger partial charge >= 0.3 is 0 Å². The van der Waals surface area contributed by atoms with Crippen LogP contribution in [0.5, 0.6) is 0 Å². The number of carbonyl (C=O) groups is 1. The molecule has 1 aromatic heterocycles. The molecule has 0 aliphatic heterocycles. The number of aromatic nitrogens is 1. The number of benzene rings is 2. The van der Waals surface area contributed by atoms with Crippen LogP contribution in [0.1, 0.15) is 85.5 Å². The molecule has 0 fully saturated rings. The summed E-state index contributed by atoms with van der Waals surface area (Å²) in [6.45, 7) is 20.3. The van der Waals surface area contributed by atoms with E-state index in [1.54, 1.807) is 0 Å². The molecule has 3 heteroatoms. The van der Waals surface area contributed by atoms with Gasteiger partial charge in [-0.25, -0.2) is 0 Å². The van der Waals surface area contributed by atoms with Crippen LogP contribution in [-0.4, -0.2) is 28.9 Å². The zero-order chi connectivity index (χ0) is 24.8. The molecule has 0 saturated carbocycles. The van der Waals surface area contributed by atoms with Crippen molar-refractivity contribution < 1.29 is 6.22 Å². The topological polar surface area (TPSA) is 36.1 Å². The molecule has 0 bridgehead atoms. The Labute approximate surface area is 203 Å². The standard InChI is InChI=1S/C28H38N2O.C2H6.H2/c1-8-12-23-24-18-22(28(6,7)27(31)30(10-3)11-4)13-14-25(24)29-26(23)21-16-19(5)15-20(9-2)17-21;1-2;/h13-18,29H,8-12H2,1-7H3;1-2H3;1H. The molecular formula is C30H46N2O. The molecule has 0 saturated heterocycles. The van der Waals surface area contributed by atoms with Gasteiger partial charge in [0.25, 0.3) is 0 Å². The number of fused-ring (bicyclic) bond motifs is 1. The van der Waals surface area contributed by atoms with Gasteiger partial charge in [-0.1, -0.05) is 51.8 Å². The third kappa shape index (κ3) is 5.51. The summed E-state index contributed by atoms with van der Waals surface area (Å²) in [5.74, 6) is 0.191. The van der Waals surface area contributed by atoms with E-state index >= 15 is 0 Å². The number of H-pyrrole nitrogens is 1. The van der Waals surface area contributed by atoms with Crippen molar-refractivity contribution in [1.29, 1.82) is 0 Å². The lowest BCUT2D eigenvalue weighted by Gasteiger charge is -2.31. The summed E-state index contributed by atoms with van der Waals surface area (Å²) in [6, 6.07) is 13.4. The molecule has 182 valence electrons. The maximum absolute atomic E-state index is 13.2. The summed E-state index contributed by atoms with van der Waals surface area (Å²) < 4.78 is 0. The number of rotatable bonds is 8. The Morgan fingerprint density at radius 3 is 2.24 bits per heavy atom. The van der Waals surface area contributed by atoms with Crippen molar-refractivity contribution in [1.82, 2.24) is 9.88 Å². The molecule has 0 aliphatic rings. The Hall–Kier alpha value is -2.55. The summed E-state index contributed by atoms with van der Waals surface area (Å²) in [5.41, 5.74) is 8.17. The number of likely N-dealkylation sites (N-methyl/N-ethyl adjacent to an activating group) is 1. The van der Waals surface area contributed by atoms with E-state index in [4.69, 9.17) is 0 Å². The number of carbonyl (C=O) groups excluding carboxylic acids is 1. The highest BCUT2D eigenvalue weighted by molar-refractivity contribution is 5.94. The van der Waals surface area contributed by atoms with Crippen LogP contribution in [0.3, 0.4) is 0 Å². The second-order valence-electron chi connectivity index (χ2n) is 9.15. The van der Waals surface area contributed by atoms with Crippen LogP contribution in [0.25, 0.3) is 22.2 Å². The Balaban J connectivity index is 0.00000188. The average molecular weight is 451 g/mol. The first-order valence-electron chi connectivity index (χ1n) is 12.8. The molecule has 3 aromatic rings. The van der Waals surface area contributed by atoms with Gasteiger partial charge < -0.3 is 9.88 Å². The minimum absolute atomic E-state index is 0. The van der Waals surface area contributed by atoms with Gasteiger partial charge in [0.05, 0.1) is 5.41 Å². The fraction of sp³-hybridized carbons (Fsp3) is 0.500. The molecule has 0 spiro atoms. The molecule has 1 N–H and O–H groups in total. The van der Waals surface area contributed by atoms with Gasteiger partial charge in [-0.05, 0) is 94.0 Å². The third-order valence-electron chi connectivity index (χ3n) is 6.55. The highest BCUT2D eigenvalue weighted by Crippen LogP contribution is 2.36. The SMILES string of the molecule is CC.CCCc1c(-c2cc(C)cc(CC)c2)[nH]c2ccc(C(C)(C)C(=O)N(CC)CC)cc12.[HH]. The molecule has 3 nitrogen and oxygen atoms in total. The van der Waals surface area contributed by atoms with Gasteiger partial charge in [-0.15, -0.1) is 0 Å². The molecule has 3 rings (SSSR count). The van der Waals surface area contributed by atoms with Crippen LogP contribution in [0.15, 0.2) is 36.4 Å². The first kappa shape index (κ1) is 26.7. The van der Waals surface area contributed by atoms with E-state index < -0.39 is 5.41 Å². The van der Waals surface area contributed by atoms with Crippen molar-refractivity contribution in [3.05, 3.63) is 58.7 Å². The van der Waals surface area contributed by atoms with E-state index in [0.29, 0.717) is 0 Å². The van der Waals surface area contributed by atoms with Crippen LogP contribution < -0.4 is 0 Å². The van der Waals surface area contributed by atoms with E-state index in [1.165, 1.54) is 33.3 Å². The first-order chi connectivity index (χ1) is 15.8. The van der Waals surface area contributed by atoms with Gasteiger partial charge in [0, 0.05) is 31.1 Å². The van der Waals surface area contributed by atoms with Gasteiger partial charge in [0.2, 0.25) is 5.91 Å². The molecule has 2 aromatic carbocycles. The fourth-order valence-corrected chi connectivity index (χ4v) is 4.63. The zero-order valence-corrected chi connectivity index (χ0v) is 22.4. The van der Waals surface area contributed by atoms with E-state index in [1.807, 2.05) is 32.6 Å². The van der Waals surface area contributed by atoms with Crippen LogP contribution in [0.2, 0.25) is 0 Å². The maximum Gasteiger partial charge on any atom is 0.232 e. The van der Waals surface area contributed by atoms with Crippen LogP contribution >= 0.6 is 0 Å². The average Bonchev–Trinajstić information content (AvgIpc) is 3.18. The van der Waals surface area contributed by atoms with Crippen molar-refractivity contribution in [3.63, 3.8) is 0 Å². The lowest BCUT2D eigenvalue weighted by molar-refractivity contribution is -0.135. The highest BCUT2D eigenvalue weighted by Gasteiger charge is 2.33. The number of nitrogens with one attached hydrogen (secondary N) is 1. The minimum atomic E-state index is -0.556. The molecule has 0 unspecified atom stereocenters. The molecule has 0 atom stereocenters. The normalized spacial score (nSPS) is 11.3. The quantitative estimate of drug-likeness (QED) is 0.370. The molecular weight excluding hydrogens is 404 g/mol. The number of nitrogens with zero attached hydrogens (tertiary/aromatic N) is 1. The summed E-state index contributed by atoms with van der Waals surface area (Å²) in [7, 11) is 0. The minimum Gasteiger partial charge on any atom is -0.354 e. The summed E-state index contributed by atoms with van der Waals surface area (Å²) in [5, 5.41) is 1.24. The van der Waals surface area contributed by atoms with Crippen LogP contribution in [-0.2, 0) is 23.1 Å². The molecule has 1 heterocycles. The van der Waals surface area contributed by atoms with Crippen LogP contribution in [0, 0.1) is 6.92 Å². The number of hydrogen-bond donors (Lipinski definition) is 1. The van der Waals surface area contributed by atoms with E-state index in [0.717, 1.165) is 43.4 Å². The van der Waals surface area contributed by atoms with Crippen molar-refractivity contribution in [2.75, 3.05) is 13.1 Å². The Bertz CT molecular complexity index is 1080. The summed E-state index contributed by atoms with van der Waals surface area (Å²) in [4.78, 5) is 18.9.